The monoisotopic (exact) mass is 346 g/mol. The van der Waals surface area contributed by atoms with E-state index in [1.165, 1.54) is 0 Å². The molecular weight excluding hydrogens is 328 g/mol. The van der Waals surface area contributed by atoms with Gasteiger partial charge in [0.1, 0.15) is 22.8 Å². The van der Waals surface area contributed by atoms with Crippen LogP contribution in [-0.4, -0.2) is 42.1 Å². The van der Waals surface area contributed by atoms with E-state index in [9.17, 15) is 4.79 Å². The molecule has 24 heavy (non-hydrogen) atoms. The summed E-state index contributed by atoms with van der Waals surface area (Å²) in [6.07, 6.45) is 3.26. The zero-order valence-corrected chi connectivity index (χ0v) is 14.2. The smallest absolute Gasteiger partial charge is 0.257 e. The number of likely N-dealkylation sites (tertiary alicyclic amines) is 1. The number of para-hydroxylation sites is 1. The maximum absolute atomic E-state index is 12.7. The highest BCUT2D eigenvalue weighted by atomic mass is 35.5. The van der Waals surface area contributed by atoms with Crippen LogP contribution in [0.4, 0.5) is 0 Å². The minimum atomic E-state index is -0.000871. The summed E-state index contributed by atoms with van der Waals surface area (Å²) >= 11 is 5.77. The fraction of sp³-hybridized carbons (Fsp3) is 0.333. The van der Waals surface area contributed by atoms with Gasteiger partial charge in [-0.25, -0.2) is 4.98 Å². The number of methoxy groups -OCH3 is 1. The Morgan fingerprint density at radius 1 is 1.21 bits per heavy atom. The molecule has 0 radical (unpaired) electrons. The Morgan fingerprint density at radius 2 is 1.96 bits per heavy atom. The number of carbonyl (C=O) groups excluding carboxylic acids is 1. The van der Waals surface area contributed by atoms with E-state index in [2.05, 4.69) is 4.98 Å². The number of piperidine rings is 1. The molecule has 2 aromatic rings. The lowest BCUT2D eigenvalue weighted by molar-refractivity contribution is 0.0592. The Hall–Kier alpha value is -2.27. The normalized spacial score (nSPS) is 15.2. The summed E-state index contributed by atoms with van der Waals surface area (Å²) in [6.45, 7) is 1.31. The number of hydrogen-bond acceptors (Lipinski definition) is 4. The van der Waals surface area contributed by atoms with Crippen LogP contribution >= 0.6 is 11.6 Å². The number of rotatable bonds is 4. The summed E-state index contributed by atoms with van der Waals surface area (Å²) in [5.41, 5.74) is 0.598. The second-order valence-corrected chi connectivity index (χ2v) is 6.01. The van der Waals surface area contributed by atoms with Crippen LogP contribution in [0.25, 0.3) is 0 Å². The molecule has 0 bridgehead atoms. The molecule has 2 heterocycles. The van der Waals surface area contributed by atoms with Crippen molar-refractivity contribution in [2.75, 3.05) is 20.2 Å². The van der Waals surface area contributed by atoms with Crippen molar-refractivity contribution < 1.29 is 14.3 Å². The summed E-state index contributed by atoms with van der Waals surface area (Å²) in [5, 5.41) is 0.444. The van der Waals surface area contributed by atoms with E-state index in [1.54, 1.807) is 31.5 Å². The van der Waals surface area contributed by atoms with Crippen molar-refractivity contribution >= 4 is 17.5 Å². The molecule has 0 N–H and O–H groups in total. The van der Waals surface area contributed by atoms with Gasteiger partial charge in [0.15, 0.2) is 0 Å². The first kappa shape index (κ1) is 16.6. The number of hydrogen-bond donors (Lipinski definition) is 0. The number of halogens is 1. The number of benzene rings is 1. The van der Waals surface area contributed by atoms with Gasteiger partial charge in [0.25, 0.3) is 5.91 Å². The molecule has 0 unspecified atom stereocenters. The molecule has 1 amide bonds. The molecule has 1 fully saturated rings. The Morgan fingerprint density at radius 3 is 2.62 bits per heavy atom. The molecular formula is C18H19ClN2O3. The van der Waals surface area contributed by atoms with E-state index in [1.807, 2.05) is 23.1 Å². The summed E-state index contributed by atoms with van der Waals surface area (Å²) < 4.78 is 11.2. The third kappa shape index (κ3) is 3.79. The topological polar surface area (TPSA) is 51.7 Å². The van der Waals surface area contributed by atoms with Gasteiger partial charge >= 0.3 is 0 Å². The fourth-order valence-electron chi connectivity index (χ4n) is 2.79. The van der Waals surface area contributed by atoms with Gasteiger partial charge in [-0.1, -0.05) is 23.7 Å². The van der Waals surface area contributed by atoms with Crippen molar-refractivity contribution in [3.8, 4) is 11.5 Å². The molecule has 1 aromatic carbocycles. The van der Waals surface area contributed by atoms with Gasteiger partial charge < -0.3 is 14.4 Å². The van der Waals surface area contributed by atoms with Crippen molar-refractivity contribution in [1.82, 2.24) is 9.88 Å². The SMILES string of the molecule is COc1ccccc1C(=O)N1CCC(Oc2ccc(Cl)nc2)CC1. The third-order valence-corrected chi connectivity index (χ3v) is 4.29. The predicted octanol–water partition coefficient (Wildman–Crippen LogP) is 3.43. The van der Waals surface area contributed by atoms with Gasteiger partial charge in [0.05, 0.1) is 18.9 Å². The van der Waals surface area contributed by atoms with Gasteiger partial charge in [-0.05, 0) is 24.3 Å². The molecule has 126 valence electrons. The molecule has 1 aromatic heterocycles. The van der Waals surface area contributed by atoms with Crippen molar-refractivity contribution in [2.24, 2.45) is 0 Å². The minimum Gasteiger partial charge on any atom is -0.496 e. The van der Waals surface area contributed by atoms with E-state index in [0.29, 0.717) is 35.3 Å². The second-order valence-electron chi connectivity index (χ2n) is 5.63. The first-order valence-corrected chi connectivity index (χ1v) is 8.25. The lowest BCUT2D eigenvalue weighted by Gasteiger charge is -2.32. The summed E-state index contributed by atoms with van der Waals surface area (Å²) in [5.74, 6) is 1.31. The van der Waals surface area contributed by atoms with Crippen LogP contribution in [0.15, 0.2) is 42.6 Å². The zero-order chi connectivity index (χ0) is 16.9. The largest absolute Gasteiger partial charge is 0.496 e. The standard InChI is InChI=1S/C18H19ClN2O3/c1-23-16-5-3-2-4-15(16)18(22)21-10-8-13(9-11-21)24-14-6-7-17(19)20-12-14/h2-7,12-13H,8-11H2,1H3. The highest BCUT2D eigenvalue weighted by molar-refractivity contribution is 6.29. The van der Waals surface area contributed by atoms with Crippen LogP contribution in [0.5, 0.6) is 11.5 Å². The summed E-state index contributed by atoms with van der Waals surface area (Å²) in [6, 6.07) is 10.8. The van der Waals surface area contributed by atoms with Crippen LogP contribution < -0.4 is 9.47 Å². The van der Waals surface area contributed by atoms with Crippen LogP contribution in [-0.2, 0) is 0 Å². The first-order valence-electron chi connectivity index (χ1n) is 7.88. The van der Waals surface area contributed by atoms with Gasteiger partial charge in [0.2, 0.25) is 0 Å². The van der Waals surface area contributed by atoms with Crippen molar-refractivity contribution in [3.63, 3.8) is 0 Å². The molecule has 0 atom stereocenters. The van der Waals surface area contributed by atoms with Crippen molar-refractivity contribution in [3.05, 3.63) is 53.3 Å². The fourth-order valence-corrected chi connectivity index (χ4v) is 2.90. The van der Waals surface area contributed by atoms with Crippen LogP contribution in [0.2, 0.25) is 5.15 Å². The van der Waals surface area contributed by atoms with E-state index in [-0.39, 0.29) is 12.0 Å². The van der Waals surface area contributed by atoms with Crippen LogP contribution in [0, 0.1) is 0 Å². The molecule has 1 aliphatic rings. The van der Waals surface area contributed by atoms with E-state index in [0.717, 1.165) is 12.8 Å². The van der Waals surface area contributed by atoms with E-state index in [4.69, 9.17) is 21.1 Å². The molecule has 1 saturated heterocycles. The second kappa shape index (κ2) is 7.53. The lowest BCUT2D eigenvalue weighted by Crippen LogP contribution is -2.41. The quantitative estimate of drug-likeness (QED) is 0.796. The zero-order valence-electron chi connectivity index (χ0n) is 13.4. The van der Waals surface area contributed by atoms with E-state index >= 15 is 0 Å². The Kier molecular flexibility index (Phi) is 5.20. The number of nitrogens with zero attached hydrogens (tertiary/aromatic N) is 2. The number of pyridine rings is 1. The summed E-state index contributed by atoms with van der Waals surface area (Å²) in [4.78, 5) is 18.5. The average Bonchev–Trinajstić information content (AvgIpc) is 2.63. The lowest BCUT2D eigenvalue weighted by atomic mass is 10.1. The average molecular weight is 347 g/mol. The molecule has 0 aliphatic carbocycles. The number of ether oxygens (including phenoxy) is 2. The maximum Gasteiger partial charge on any atom is 0.257 e. The minimum absolute atomic E-state index is 0.000871. The molecule has 1 aliphatic heterocycles. The molecule has 5 nitrogen and oxygen atoms in total. The Labute approximate surface area is 146 Å². The third-order valence-electron chi connectivity index (χ3n) is 4.07. The van der Waals surface area contributed by atoms with Crippen LogP contribution in [0.3, 0.4) is 0 Å². The van der Waals surface area contributed by atoms with Gasteiger partial charge in [-0.3, -0.25) is 4.79 Å². The highest BCUT2D eigenvalue weighted by Gasteiger charge is 2.26. The van der Waals surface area contributed by atoms with Crippen LogP contribution in [0.1, 0.15) is 23.2 Å². The molecule has 6 heteroatoms. The number of aromatic nitrogens is 1. The van der Waals surface area contributed by atoms with Gasteiger partial charge in [0, 0.05) is 25.9 Å². The van der Waals surface area contributed by atoms with Gasteiger partial charge in [-0.15, -0.1) is 0 Å². The maximum atomic E-state index is 12.7. The number of carbonyl (C=O) groups is 1. The first-order chi connectivity index (χ1) is 11.7. The van der Waals surface area contributed by atoms with Gasteiger partial charge in [-0.2, -0.15) is 0 Å². The summed E-state index contributed by atoms with van der Waals surface area (Å²) in [7, 11) is 1.58. The highest BCUT2D eigenvalue weighted by Crippen LogP contribution is 2.23. The Bertz CT molecular complexity index is 698. The Balaban J connectivity index is 1.58. The molecule has 3 rings (SSSR count). The van der Waals surface area contributed by atoms with Crippen molar-refractivity contribution in [2.45, 2.75) is 18.9 Å². The van der Waals surface area contributed by atoms with Crippen molar-refractivity contribution in [1.29, 1.82) is 0 Å². The molecule has 0 spiro atoms. The number of amides is 1. The predicted molar refractivity (Wildman–Crippen MR) is 91.8 cm³/mol. The molecule has 0 saturated carbocycles. The van der Waals surface area contributed by atoms with E-state index < -0.39 is 0 Å².